The van der Waals surface area contributed by atoms with Gasteiger partial charge in [-0.1, -0.05) is 97.1 Å². The number of carbonyl (C=O) groups excluding carboxylic acids is 2. The molecule has 5 nitrogen and oxygen atoms in total. The van der Waals surface area contributed by atoms with Crippen LogP contribution in [0.4, 0.5) is 0 Å². The molecule has 0 aromatic heterocycles. The Morgan fingerprint density at radius 1 is 0.778 bits per heavy atom. The highest BCUT2D eigenvalue weighted by atomic mass is 35.5. The van der Waals surface area contributed by atoms with Gasteiger partial charge in [0.05, 0.1) is 7.11 Å². The van der Waals surface area contributed by atoms with E-state index in [2.05, 4.69) is 0 Å². The smallest absolute Gasteiger partial charge is 0.323 e. The standard InChI is InChI=1S/C30H25ClO5/c1-34-24-17-18-25(26(19-24)35-20-21-11-5-2-6-12-21)27(29(31)32)30(33)36-28(22-13-7-3-8-14-22)23-15-9-4-10-16-23/h2-19,27-28H,20H2,1H3. The molecule has 0 aliphatic heterocycles. The Labute approximate surface area is 215 Å². The third-order valence-electron chi connectivity index (χ3n) is 5.67. The van der Waals surface area contributed by atoms with Crippen molar-refractivity contribution in [2.24, 2.45) is 0 Å². The van der Waals surface area contributed by atoms with E-state index in [0.29, 0.717) is 17.1 Å². The fraction of sp³-hybridized carbons (Fsp3) is 0.133. The molecule has 0 heterocycles. The molecule has 0 amide bonds. The van der Waals surface area contributed by atoms with Crippen molar-refractivity contribution in [3.8, 4) is 11.5 Å². The minimum atomic E-state index is -1.39. The van der Waals surface area contributed by atoms with Crippen molar-refractivity contribution >= 4 is 22.8 Å². The van der Waals surface area contributed by atoms with Crippen LogP contribution >= 0.6 is 11.6 Å². The SMILES string of the molecule is COc1ccc(C(C(=O)Cl)C(=O)OC(c2ccccc2)c2ccccc2)c(OCc2ccccc2)c1. The van der Waals surface area contributed by atoms with Crippen LogP contribution in [0.25, 0.3) is 0 Å². The van der Waals surface area contributed by atoms with Gasteiger partial charge in [-0.2, -0.15) is 0 Å². The summed E-state index contributed by atoms with van der Waals surface area (Å²) in [6.07, 6.45) is -0.717. The Hall–Kier alpha value is -4.09. The lowest BCUT2D eigenvalue weighted by atomic mass is 9.97. The van der Waals surface area contributed by atoms with Crippen LogP contribution in [-0.4, -0.2) is 18.3 Å². The lowest BCUT2D eigenvalue weighted by molar-refractivity contribution is -0.150. The predicted molar refractivity (Wildman–Crippen MR) is 138 cm³/mol. The zero-order chi connectivity index (χ0) is 25.3. The number of methoxy groups -OCH3 is 1. The van der Waals surface area contributed by atoms with Crippen LogP contribution in [0.5, 0.6) is 11.5 Å². The van der Waals surface area contributed by atoms with Crippen LogP contribution in [0.2, 0.25) is 0 Å². The normalized spacial score (nSPS) is 11.5. The van der Waals surface area contributed by atoms with Gasteiger partial charge in [-0.3, -0.25) is 9.59 Å². The number of ether oxygens (including phenoxy) is 3. The number of rotatable bonds is 10. The number of benzene rings is 4. The minimum absolute atomic E-state index is 0.232. The molecular weight excluding hydrogens is 476 g/mol. The highest BCUT2D eigenvalue weighted by Gasteiger charge is 2.34. The summed E-state index contributed by atoms with van der Waals surface area (Å²) in [4.78, 5) is 26.1. The van der Waals surface area contributed by atoms with E-state index < -0.39 is 23.2 Å². The van der Waals surface area contributed by atoms with Gasteiger partial charge in [0.1, 0.15) is 18.1 Å². The van der Waals surface area contributed by atoms with Gasteiger partial charge in [-0.05, 0) is 34.4 Å². The quantitative estimate of drug-likeness (QED) is 0.142. The fourth-order valence-electron chi connectivity index (χ4n) is 3.85. The Morgan fingerprint density at radius 3 is 1.86 bits per heavy atom. The molecule has 4 rings (SSSR count). The molecule has 0 N–H and O–H groups in total. The summed E-state index contributed by atoms with van der Waals surface area (Å²) in [6.45, 7) is 0.232. The minimum Gasteiger partial charge on any atom is -0.497 e. The molecule has 0 fully saturated rings. The first kappa shape index (κ1) is 25.0. The molecule has 0 saturated heterocycles. The molecule has 4 aromatic carbocycles. The van der Waals surface area contributed by atoms with Crippen LogP contribution in [0.15, 0.2) is 109 Å². The largest absolute Gasteiger partial charge is 0.497 e. The molecule has 0 spiro atoms. The molecule has 182 valence electrons. The van der Waals surface area contributed by atoms with Gasteiger partial charge in [0, 0.05) is 11.6 Å². The van der Waals surface area contributed by atoms with E-state index in [1.54, 1.807) is 18.2 Å². The zero-order valence-corrected chi connectivity index (χ0v) is 20.4. The van der Waals surface area contributed by atoms with E-state index in [9.17, 15) is 9.59 Å². The highest BCUT2D eigenvalue weighted by molar-refractivity contribution is 6.66. The van der Waals surface area contributed by atoms with Crippen LogP contribution in [0.1, 0.15) is 34.3 Å². The van der Waals surface area contributed by atoms with E-state index in [1.807, 2.05) is 91.0 Å². The molecular formula is C30H25ClO5. The topological polar surface area (TPSA) is 61.8 Å². The summed E-state index contributed by atoms with van der Waals surface area (Å²) in [6, 6.07) is 33.1. The lowest BCUT2D eigenvalue weighted by Gasteiger charge is -2.23. The van der Waals surface area contributed by atoms with Gasteiger partial charge >= 0.3 is 5.97 Å². The van der Waals surface area contributed by atoms with Crippen LogP contribution in [0.3, 0.4) is 0 Å². The van der Waals surface area contributed by atoms with Gasteiger partial charge in [-0.25, -0.2) is 0 Å². The molecule has 0 aliphatic rings. The molecule has 0 radical (unpaired) electrons. The predicted octanol–water partition coefficient (Wildman–Crippen LogP) is 6.46. The summed E-state index contributed by atoms with van der Waals surface area (Å²) in [5.74, 6) is -1.34. The fourth-order valence-corrected chi connectivity index (χ4v) is 4.06. The summed E-state index contributed by atoms with van der Waals surface area (Å²) >= 11 is 5.98. The second-order valence-corrected chi connectivity index (χ2v) is 8.43. The number of hydrogen-bond donors (Lipinski definition) is 0. The van der Waals surface area contributed by atoms with Gasteiger partial charge in [0.25, 0.3) is 0 Å². The molecule has 6 heteroatoms. The van der Waals surface area contributed by atoms with Crippen molar-refractivity contribution in [3.05, 3.63) is 131 Å². The second-order valence-electron chi connectivity index (χ2n) is 8.05. The van der Waals surface area contributed by atoms with Crippen LogP contribution in [0, 0.1) is 0 Å². The first-order valence-electron chi connectivity index (χ1n) is 11.4. The third-order valence-corrected chi connectivity index (χ3v) is 5.89. The number of halogens is 1. The van der Waals surface area contributed by atoms with E-state index in [-0.39, 0.29) is 6.61 Å². The number of carbonyl (C=O) groups is 2. The Bertz CT molecular complexity index is 1250. The Morgan fingerprint density at radius 2 is 1.33 bits per heavy atom. The molecule has 1 unspecified atom stereocenters. The van der Waals surface area contributed by atoms with E-state index in [4.69, 9.17) is 25.8 Å². The number of hydrogen-bond acceptors (Lipinski definition) is 5. The zero-order valence-electron chi connectivity index (χ0n) is 19.7. The van der Waals surface area contributed by atoms with Crippen molar-refractivity contribution in [1.82, 2.24) is 0 Å². The lowest BCUT2D eigenvalue weighted by Crippen LogP contribution is -2.24. The Balaban J connectivity index is 1.67. The van der Waals surface area contributed by atoms with Crippen LogP contribution in [-0.2, 0) is 20.9 Å². The second kappa shape index (κ2) is 12.0. The van der Waals surface area contributed by atoms with E-state index in [0.717, 1.165) is 16.7 Å². The van der Waals surface area contributed by atoms with Crippen molar-refractivity contribution < 1.29 is 23.8 Å². The van der Waals surface area contributed by atoms with E-state index in [1.165, 1.54) is 7.11 Å². The summed E-state index contributed by atoms with van der Waals surface area (Å²) in [5.41, 5.74) is 2.77. The molecule has 0 saturated carbocycles. The maximum absolute atomic E-state index is 13.5. The van der Waals surface area contributed by atoms with Crippen molar-refractivity contribution in [1.29, 1.82) is 0 Å². The van der Waals surface area contributed by atoms with Crippen molar-refractivity contribution in [2.45, 2.75) is 18.6 Å². The van der Waals surface area contributed by atoms with Crippen molar-refractivity contribution in [2.75, 3.05) is 7.11 Å². The first-order chi connectivity index (χ1) is 17.6. The highest BCUT2D eigenvalue weighted by Crippen LogP contribution is 2.36. The van der Waals surface area contributed by atoms with Crippen LogP contribution < -0.4 is 9.47 Å². The first-order valence-corrected chi connectivity index (χ1v) is 11.8. The monoisotopic (exact) mass is 500 g/mol. The van der Waals surface area contributed by atoms with Crippen molar-refractivity contribution in [3.63, 3.8) is 0 Å². The third kappa shape index (κ3) is 6.12. The molecule has 0 bridgehead atoms. The average Bonchev–Trinajstić information content (AvgIpc) is 2.92. The average molecular weight is 501 g/mol. The van der Waals surface area contributed by atoms with Gasteiger partial charge < -0.3 is 14.2 Å². The molecule has 36 heavy (non-hydrogen) atoms. The molecule has 0 aliphatic carbocycles. The molecule has 4 aromatic rings. The van der Waals surface area contributed by atoms with Gasteiger partial charge in [0.2, 0.25) is 5.24 Å². The Kier molecular flexibility index (Phi) is 8.37. The maximum Gasteiger partial charge on any atom is 0.323 e. The maximum atomic E-state index is 13.5. The van der Waals surface area contributed by atoms with Gasteiger partial charge in [0.15, 0.2) is 12.0 Å². The van der Waals surface area contributed by atoms with Gasteiger partial charge in [-0.15, -0.1) is 0 Å². The number of esters is 1. The summed E-state index contributed by atoms with van der Waals surface area (Å²) < 4.78 is 17.3. The van der Waals surface area contributed by atoms with E-state index >= 15 is 0 Å². The molecule has 1 atom stereocenters. The summed E-state index contributed by atoms with van der Waals surface area (Å²) in [5, 5.41) is -0.866. The summed E-state index contributed by atoms with van der Waals surface area (Å²) in [7, 11) is 1.53.